The van der Waals surface area contributed by atoms with Crippen LogP contribution in [0.15, 0.2) is 30.3 Å². The molecule has 92 valence electrons. The standard InChI is InChI=1S/C15H16N2S/c1-2-4-10(5-3-1)9-16-15-17-13-11-6-7-12(8-11)14(13)18-15/h1-5,11-12H,6-9H2,(H,16,17). The molecular weight excluding hydrogens is 240 g/mol. The fraction of sp³-hybridized carbons (Fsp3) is 0.400. The summed E-state index contributed by atoms with van der Waals surface area (Å²) in [4.78, 5) is 6.37. The summed E-state index contributed by atoms with van der Waals surface area (Å²) in [6.45, 7) is 0.878. The van der Waals surface area contributed by atoms with Crippen molar-refractivity contribution in [2.75, 3.05) is 5.32 Å². The van der Waals surface area contributed by atoms with Crippen LogP contribution in [-0.2, 0) is 6.54 Å². The van der Waals surface area contributed by atoms with Crippen molar-refractivity contribution in [1.82, 2.24) is 4.98 Å². The van der Waals surface area contributed by atoms with Crippen molar-refractivity contribution >= 4 is 16.5 Å². The van der Waals surface area contributed by atoms with Crippen molar-refractivity contribution < 1.29 is 0 Å². The highest BCUT2D eigenvalue weighted by atomic mass is 32.1. The lowest BCUT2D eigenvalue weighted by atomic mass is 10.0. The van der Waals surface area contributed by atoms with E-state index in [0.717, 1.165) is 23.5 Å². The molecule has 4 rings (SSSR count). The van der Waals surface area contributed by atoms with Gasteiger partial charge in [0.1, 0.15) is 0 Å². The highest BCUT2D eigenvalue weighted by molar-refractivity contribution is 7.15. The highest BCUT2D eigenvalue weighted by Gasteiger charge is 2.40. The Bertz CT molecular complexity index is 534. The number of hydrogen-bond donors (Lipinski definition) is 1. The van der Waals surface area contributed by atoms with E-state index in [2.05, 4.69) is 35.6 Å². The maximum Gasteiger partial charge on any atom is 0.183 e. The van der Waals surface area contributed by atoms with Gasteiger partial charge in [0.2, 0.25) is 0 Å². The maximum absolute atomic E-state index is 4.80. The van der Waals surface area contributed by atoms with E-state index in [9.17, 15) is 0 Å². The second-order valence-corrected chi connectivity index (χ2v) is 6.35. The van der Waals surface area contributed by atoms with Gasteiger partial charge in [-0.2, -0.15) is 0 Å². The van der Waals surface area contributed by atoms with Gasteiger partial charge < -0.3 is 5.32 Å². The molecule has 1 saturated carbocycles. The van der Waals surface area contributed by atoms with Crippen LogP contribution in [-0.4, -0.2) is 4.98 Å². The fourth-order valence-electron chi connectivity index (χ4n) is 3.25. The topological polar surface area (TPSA) is 24.9 Å². The van der Waals surface area contributed by atoms with Gasteiger partial charge in [-0.15, -0.1) is 11.3 Å². The number of fused-ring (bicyclic) bond motifs is 5. The molecule has 2 aromatic rings. The van der Waals surface area contributed by atoms with Crippen molar-refractivity contribution in [2.45, 2.75) is 37.6 Å². The van der Waals surface area contributed by atoms with Crippen molar-refractivity contribution in [3.05, 3.63) is 46.5 Å². The molecule has 1 N–H and O–H groups in total. The predicted octanol–water partition coefficient (Wildman–Crippen LogP) is 4.12. The molecule has 0 spiro atoms. The van der Waals surface area contributed by atoms with E-state index >= 15 is 0 Å². The molecule has 1 aromatic heterocycles. The van der Waals surface area contributed by atoms with Crippen LogP contribution in [0.2, 0.25) is 0 Å². The molecule has 2 nitrogen and oxygen atoms in total. The number of nitrogens with zero attached hydrogens (tertiary/aromatic N) is 1. The molecule has 0 radical (unpaired) electrons. The minimum Gasteiger partial charge on any atom is -0.357 e. The molecule has 1 fully saturated rings. The van der Waals surface area contributed by atoms with Gasteiger partial charge in [-0.25, -0.2) is 4.98 Å². The average Bonchev–Trinajstić information content (AvgIpc) is 3.10. The Kier molecular flexibility index (Phi) is 2.40. The summed E-state index contributed by atoms with van der Waals surface area (Å²) in [7, 11) is 0. The Morgan fingerprint density at radius 1 is 1.17 bits per heavy atom. The van der Waals surface area contributed by atoms with Crippen molar-refractivity contribution in [3.8, 4) is 0 Å². The quantitative estimate of drug-likeness (QED) is 0.893. The van der Waals surface area contributed by atoms with E-state index in [1.54, 1.807) is 4.88 Å². The van der Waals surface area contributed by atoms with E-state index in [0.29, 0.717) is 0 Å². The zero-order chi connectivity index (χ0) is 11.9. The molecule has 1 aromatic carbocycles. The second kappa shape index (κ2) is 4.09. The summed E-state index contributed by atoms with van der Waals surface area (Å²) >= 11 is 1.88. The van der Waals surface area contributed by atoms with Crippen LogP contribution in [0.3, 0.4) is 0 Å². The first-order chi connectivity index (χ1) is 8.90. The van der Waals surface area contributed by atoms with E-state index in [-0.39, 0.29) is 0 Å². The molecule has 2 bridgehead atoms. The summed E-state index contributed by atoms with van der Waals surface area (Å²) in [5.41, 5.74) is 2.72. The minimum atomic E-state index is 0.772. The van der Waals surface area contributed by atoms with Gasteiger partial charge >= 0.3 is 0 Å². The molecule has 2 aliphatic rings. The Morgan fingerprint density at radius 3 is 2.83 bits per heavy atom. The Labute approximate surface area is 111 Å². The van der Waals surface area contributed by atoms with E-state index in [1.165, 1.54) is 30.5 Å². The number of hydrogen-bond acceptors (Lipinski definition) is 3. The lowest BCUT2D eigenvalue weighted by molar-refractivity contribution is 0.709. The van der Waals surface area contributed by atoms with E-state index in [1.807, 2.05) is 11.3 Å². The molecule has 2 atom stereocenters. The summed E-state index contributed by atoms with van der Waals surface area (Å²) < 4.78 is 0. The van der Waals surface area contributed by atoms with E-state index in [4.69, 9.17) is 4.98 Å². The van der Waals surface area contributed by atoms with Gasteiger partial charge in [-0.05, 0) is 30.7 Å². The molecule has 3 heteroatoms. The van der Waals surface area contributed by atoms with Crippen LogP contribution < -0.4 is 5.32 Å². The first-order valence-corrected chi connectivity index (χ1v) is 7.50. The lowest BCUT2D eigenvalue weighted by Gasteiger charge is -2.06. The lowest BCUT2D eigenvalue weighted by Crippen LogP contribution is -1.99. The number of nitrogens with one attached hydrogen (secondary N) is 1. The summed E-state index contributed by atoms with van der Waals surface area (Å²) in [6.07, 6.45) is 4.12. The van der Waals surface area contributed by atoms with Gasteiger partial charge in [0.25, 0.3) is 0 Å². The maximum atomic E-state index is 4.80. The van der Waals surface area contributed by atoms with Crippen LogP contribution in [0.1, 0.15) is 47.2 Å². The Balaban J connectivity index is 1.51. The van der Waals surface area contributed by atoms with Crippen LogP contribution in [0.4, 0.5) is 5.13 Å². The van der Waals surface area contributed by atoms with Crippen molar-refractivity contribution in [2.24, 2.45) is 0 Å². The molecule has 18 heavy (non-hydrogen) atoms. The second-order valence-electron chi connectivity index (χ2n) is 5.31. The summed E-state index contributed by atoms with van der Waals surface area (Å²) in [5, 5.41) is 4.58. The van der Waals surface area contributed by atoms with Gasteiger partial charge in [0.15, 0.2) is 5.13 Å². The predicted molar refractivity (Wildman–Crippen MR) is 75.2 cm³/mol. The number of anilines is 1. The molecule has 2 unspecified atom stereocenters. The Hall–Kier alpha value is -1.35. The molecule has 2 aliphatic carbocycles. The van der Waals surface area contributed by atoms with Gasteiger partial charge in [-0.1, -0.05) is 30.3 Å². The SMILES string of the molecule is c1ccc(CNc2nc3c(s2)C2CCC3C2)cc1. The largest absolute Gasteiger partial charge is 0.357 e. The molecule has 0 amide bonds. The number of benzene rings is 1. The van der Waals surface area contributed by atoms with Crippen molar-refractivity contribution in [1.29, 1.82) is 0 Å². The zero-order valence-electron chi connectivity index (χ0n) is 10.2. The third-order valence-electron chi connectivity index (χ3n) is 4.16. The number of rotatable bonds is 3. The van der Waals surface area contributed by atoms with Crippen LogP contribution in [0.5, 0.6) is 0 Å². The van der Waals surface area contributed by atoms with Crippen molar-refractivity contribution in [3.63, 3.8) is 0 Å². The zero-order valence-corrected chi connectivity index (χ0v) is 11.0. The minimum absolute atomic E-state index is 0.772. The summed E-state index contributed by atoms with van der Waals surface area (Å²) in [5.74, 6) is 1.60. The normalized spacial score (nSPS) is 24.2. The highest BCUT2D eigenvalue weighted by Crippen LogP contribution is 2.55. The smallest absolute Gasteiger partial charge is 0.183 e. The molecular formula is C15H16N2S. The molecule has 0 saturated heterocycles. The third kappa shape index (κ3) is 1.65. The first kappa shape index (κ1) is 10.6. The average molecular weight is 256 g/mol. The van der Waals surface area contributed by atoms with Crippen LogP contribution in [0.25, 0.3) is 0 Å². The van der Waals surface area contributed by atoms with Crippen LogP contribution in [0, 0.1) is 0 Å². The fourth-order valence-corrected chi connectivity index (χ4v) is 4.44. The third-order valence-corrected chi connectivity index (χ3v) is 5.35. The van der Waals surface area contributed by atoms with Gasteiger partial charge in [-0.3, -0.25) is 0 Å². The molecule has 0 aliphatic heterocycles. The number of aromatic nitrogens is 1. The van der Waals surface area contributed by atoms with Crippen LogP contribution >= 0.6 is 11.3 Å². The summed E-state index contributed by atoms with van der Waals surface area (Å²) in [6, 6.07) is 10.5. The monoisotopic (exact) mass is 256 g/mol. The number of thiazole rings is 1. The molecule has 1 heterocycles. The van der Waals surface area contributed by atoms with Gasteiger partial charge in [0.05, 0.1) is 5.69 Å². The van der Waals surface area contributed by atoms with E-state index < -0.39 is 0 Å². The van der Waals surface area contributed by atoms with Gasteiger partial charge in [0, 0.05) is 17.3 Å². The first-order valence-electron chi connectivity index (χ1n) is 6.68. The Morgan fingerprint density at radius 2 is 2.00 bits per heavy atom.